The van der Waals surface area contributed by atoms with E-state index in [1.54, 1.807) is 36.0 Å². The maximum Gasteiger partial charge on any atom is 0.257 e. The highest BCUT2D eigenvalue weighted by Crippen LogP contribution is 2.27. The first kappa shape index (κ1) is 18.4. The standard InChI is InChI=1S/C19H19N3O2S2/c1-2-3-13-25-19-22-21-18(26-19)20-17(23)14-9-11-16(12-10-14)24-15-7-5-4-6-8-15/h4-12H,2-3,13H2,1H3,(H,20,21,23). The van der Waals surface area contributed by atoms with Gasteiger partial charge >= 0.3 is 0 Å². The average molecular weight is 386 g/mol. The molecular formula is C19H19N3O2S2. The molecule has 0 radical (unpaired) electrons. The Kier molecular flexibility index (Phi) is 6.62. The number of hydrogen-bond donors (Lipinski definition) is 1. The summed E-state index contributed by atoms with van der Waals surface area (Å²) in [5.74, 6) is 2.24. The maximum atomic E-state index is 12.3. The van der Waals surface area contributed by atoms with Crippen LogP contribution in [0.3, 0.4) is 0 Å². The Morgan fingerprint density at radius 1 is 1.08 bits per heavy atom. The monoisotopic (exact) mass is 385 g/mol. The number of benzene rings is 2. The van der Waals surface area contributed by atoms with E-state index in [9.17, 15) is 4.79 Å². The van der Waals surface area contributed by atoms with Gasteiger partial charge in [0.15, 0.2) is 4.34 Å². The maximum absolute atomic E-state index is 12.3. The van der Waals surface area contributed by atoms with Gasteiger partial charge in [-0.1, -0.05) is 54.6 Å². The predicted molar refractivity (Wildman–Crippen MR) is 106 cm³/mol. The van der Waals surface area contributed by atoms with Gasteiger partial charge in [0.1, 0.15) is 11.5 Å². The first-order valence-corrected chi connectivity index (χ1v) is 10.2. The third-order valence-electron chi connectivity index (χ3n) is 3.45. The van der Waals surface area contributed by atoms with E-state index >= 15 is 0 Å². The molecule has 26 heavy (non-hydrogen) atoms. The van der Waals surface area contributed by atoms with E-state index in [0.717, 1.165) is 28.7 Å². The zero-order valence-electron chi connectivity index (χ0n) is 14.3. The lowest BCUT2D eigenvalue weighted by atomic mass is 10.2. The fraction of sp³-hybridized carbons (Fsp3) is 0.211. The van der Waals surface area contributed by atoms with Crippen LogP contribution in [-0.2, 0) is 0 Å². The van der Waals surface area contributed by atoms with Crippen molar-refractivity contribution in [1.82, 2.24) is 10.2 Å². The number of unbranched alkanes of at least 4 members (excludes halogenated alkanes) is 1. The summed E-state index contributed by atoms with van der Waals surface area (Å²) in [6.45, 7) is 2.16. The Balaban J connectivity index is 1.56. The Morgan fingerprint density at radius 3 is 2.54 bits per heavy atom. The third-order valence-corrected chi connectivity index (χ3v) is 5.50. The molecule has 0 aliphatic heterocycles. The minimum atomic E-state index is -0.211. The second-order valence-electron chi connectivity index (χ2n) is 5.47. The number of thioether (sulfide) groups is 1. The van der Waals surface area contributed by atoms with Crippen molar-refractivity contribution < 1.29 is 9.53 Å². The van der Waals surface area contributed by atoms with Crippen LogP contribution < -0.4 is 10.1 Å². The number of carbonyl (C=O) groups is 1. The van der Waals surface area contributed by atoms with Crippen molar-refractivity contribution in [2.75, 3.05) is 11.1 Å². The highest BCUT2D eigenvalue weighted by molar-refractivity contribution is 8.01. The van der Waals surface area contributed by atoms with Gasteiger partial charge in [0.05, 0.1) is 0 Å². The van der Waals surface area contributed by atoms with Gasteiger partial charge in [0, 0.05) is 11.3 Å². The van der Waals surface area contributed by atoms with Crippen LogP contribution in [0.4, 0.5) is 5.13 Å². The van der Waals surface area contributed by atoms with Crippen LogP contribution in [0, 0.1) is 0 Å². The molecule has 0 bridgehead atoms. The lowest BCUT2D eigenvalue weighted by Gasteiger charge is -2.06. The van der Waals surface area contributed by atoms with Crippen molar-refractivity contribution in [1.29, 1.82) is 0 Å². The van der Waals surface area contributed by atoms with E-state index in [-0.39, 0.29) is 5.91 Å². The lowest BCUT2D eigenvalue weighted by molar-refractivity contribution is 0.102. The van der Waals surface area contributed by atoms with Gasteiger partial charge in [-0.2, -0.15) is 0 Å². The van der Waals surface area contributed by atoms with Crippen LogP contribution >= 0.6 is 23.1 Å². The molecule has 0 spiro atoms. The molecule has 1 aromatic heterocycles. The van der Waals surface area contributed by atoms with Gasteiger partial charge in [0.2, 0.25) is 5.13 Å². The smallest absolute Gasteiger partial charge is 0.257 e. The number of aromatic nitrogens is 2. The molecule has 7 heteroatoms. The summed E-state index contributed by atoms with van der Waals surface area (Å²) in [4.78, 5) is 12.3. The summed E-state index contributed by atoms with van der Waals surface area (Å²) in [5.41, 5.74) is 0.542. The number of anilines is 1. The van der Waals surface area contributed by atoms with Crippen LogP contribution in [0.2, 0.25) is 0 Å². The number of carbonyl (C=O) groups excluding carboxylic acids is 1. The molecule has 1 heterocycles. The summed E-state index contributed by atoms with van der Waals surface area (Å²) in [5, 5.41) is 11.4. The number of ether oxygens (including phenoxy) is 1. The normalized spacial score (nSPS) is 10.5. The minimum Gasteiger partial charge on any atom is -0.457 e. The topological polar surface area (TPSA) is 64.1 Å². The molecule has 2 aromatic carbocycles. The van der Waals surface area contributed by atoms with Gasteiger partial charge in [0.25, 0.3) is 5.91 Å². The van der Waals surface area contributed by atoms with Gasteiger partial charge in [-0.05, 0) is 42.8 Å². The minimum absolute atomic E-state index is 0.211. The molecule has 5 nitrogen and oxygen atoms in total. The van der Waals surface area contributed by atoms with Crippen molar-refractivity contribution in [3.63, 3.8) is 0 Å². The number of nitrogens with one attached hydrogen (secondary N) is 1. The second-order valence-corrected chi connectivity index (χ2v) is 7.79. The van der Waals surface area contributed by atoms with E-state index in [1.165, 1.54) is 11.3 Å². The van der Waals surface area contributed by atoms with Crippen LogP contribution in [-0.4, -0.2) is 21.9 Å². The molecule has 0 fully saturated rings. The lowest BCUT2D eigenvalue weighted by Crippen LogP contribution is -2.11. The first-order chi connectivity index (χ1) is 12.7. The van der Waals surface area contributed by atoms with E-state index in [2.05, 4.69) is 22.4 Å². The van der Waals surface area contributed by atoms with Crippen molar-refractivity contribution in [3.8, 4) is 11.5 Å². The second kappa shape index (κ2) is 9.35. The first-order valence-electron chi connectivity index (χ1n) is 8.35. The van der Waals surface area contributed by atoms with Crippen molar-refractivity contribution in [2.24, 2.45) is 0 Å². The van der Waals surface area contributed by atoms with Crippen LogP contribution in [0.25, 0.3) is 0 Å². The third kappa shape index (κ3) is 5.31. The molecule has 134 valence electrons. The number of hydrogen-bond acceptors (Lipinski definition) is 6. The Labute approximate surface area is 160 Å². The van der Waals surface area contributed by atoms with Crippen LogP contribution in [0.1, 0.15) is 30.1 Å². The SMILES string of the molecule is CCCCSc1nnc(NC(=O)c2ccc(Oc3ccccc3)cc2)s1. The van der Waals surface area contributed by atoms with Gasteiger partial charge in [-0.25, -0.2) is 0 Å². The van der Waals surface area contributed by atoms with E-state index in [0.29, 0.717) is 16.4 Å². The summed E-state index contributed by atoms with van der Waals surface area (Å²) >= 11 is 3.06. The molecule has 0 unspecified atom stereocenters. The average Bonchev–Trinajstić information content (AvgIpc) is 3.10. The quantitative estimate of drug-likeness (QED) is 0.316. The number of nitrogens with zero attached hydrogens (tertiary/aromatic N) is 2. The van der Waals surface area contributed by atoms with Gasteiger partial charge in [-0.15, -0.1) is 10.2 Å². The summed E-state index contributed by atoms with van der Waals surface area (Å²) in [6.07, 6.45) is 2.29. The van der Waals surface area contributed by atoms with E-state index in [1.807, 2.05) is 30.3 Å². The molecule has 1 N–H and O–H groups in total. The van der Waals surface area contributed by atoms with E-state index < -0.39 is 0 Å². The molecule has 0 atom stereocenters. The molecule has 0 aliphatic carbocycles. The van der Waals surface area contributed by atoms with Gasteiger partial charge in [-0.3, -0.25) is 10.1 Å². The van der Waals surface area contributed by atoms with Crippen molar-refractivity contribution in [2.45, 2.75) is 24.1 Å². The zero-order chi connectivity index (χ0) is 18.2. The summed E-state index contributed by atoms with van der Waals surface area (Å²) in [6, 6.07) is 16.5. The number of rotatable bonds is 8. The molecule has 1 amide bonds. The summed E-state index contributed by atoms with van der Waals surface area (Å²) < 4.78 is 6.60. The molecule has 0 saturated carbocycles. The summed E-state index contributed by atoms with van der Waals surface area (Å²) in [7, 11) is 0. The molecule has 0 aliphatic rings. The highest BCUT2D eigenvalue weighted by atomic mass is 32.2. The largest absolute Gasteiger partial charge is 0.457 e. The van der Waals surface area contributed by atoms with E-state index in [4.69, 9.17) is 4.74 Å². The van der Waals surface area contributed by atoms with Gasteiger partial charge < -0.3 is 4.74 Å². The number of para-hydroxylation sites is 1. The fourth-order valence-electron chi connectivity index (χ4n) is 2.09. The Hall–Kier alpha value is -2.38. The molecule has 0 saturated heterocycles. The fourth-order valence-corrected chi connectivity index (χ4v) is 3.99. The molecule has 3 rings (SSSR count). The Morgan fingerprint density at radius 2 is 1.81 bits per heavy atom. The zero-order valence-corrected chi connectivity index (χ0v) is 16.0. The number of amides is 1. The Bertz CT molecular complexity index is 836. The predicted octanol–water partition coefficient (Wildman–Crippen LogP) is 5.47. The van der Waals surface area contributed by atoms with Crippen molar-refractivity contribution in [3.05, 3.63) is 60.2 Å². The van der Waals surface area contributed by atoms with Crippen LogP contribution in [0.15, 0.2) is 58.9 Å². The van der Waals surface area contributed by atoms with Crippen molar-refractivity contribution >= 4 is 34.1 Å². The highest BCUT2D eigenvalue weighted by Gasteiger charge is 2.11. The molecule has 3 aromatic rings. The molecular weight excluding hydrogens is 366 g/mol. The van der Waals surface area contributed by atoms with Crippen LogP contribution in [0.5, 0.6) is 11.5 Å².